The third kappa shape index (κ3) is 5.71. The fourth-order valence-corrected chi connectivity index (χ4v) is 4.26. The molecule has 8 heteroatoms. The van der Waals surface area contributed by atoms with Crippen molar-refractivity contribution < 1.29 is 4.79 Å². The maximum Gasteiger partial charge on any atom is 0.224 e. The van der Waals surface area contributed by atoms with Gasteiger partial charge in [-0.25, -0.2) is 0 Å². The maximum atomic E-state index is 12.4. The van der Waals surface area contributed by atoms with E-state index in [2.05, 4.69) is 32.3 Å². The van der Waals surface area contributed by atoms with Crippen LogP contribution >= 0.6 is 24.8 Å². The minimum Gasteiger partial charge on any atom is -0.326 e. The molecule has 2 unspecified atom stereocenters. The van der Waals surface area contributed by atoms with Gasteiger partial charge in [-0.05, 0) is 74.9 Å². The van der Waals surface area contributed by atoms with Crippen LogP contribution in [0.1, 0.15) is 44.9 Å². The molecule has 160 valence electrons. The Labute approximate surface area is 185 Å². The van der Waals surface area contributed by atoms with Gasteiger partial charge in [-0.15, -0.1) is 35.0 Å². The summed E-state index contributed by atoms with van der Waals surface area (Å²) in [6.07, 6.45) is 6.39. The monoisotopic (exact) mass is 439 g/mol. The molecule has 2 N–H and O–H groups in total. The molecule has 1 saturated heterocycles. The molecule has 0 bridgehead atoms. The second kappa shape index (κ2) is 11.0. The number of fused-ring (bicyclic) bond motifs is 1. The fraction of sp³-hybridized carbons (Fsp3) is 0.571. The SMILES string of the molecule is CC(CC(=O)Nc1ccc(-c2nnc3n2CCCC3)cc1)C1CCCNC1.Cl.Cl. The first-order chi connectivity index (χ1) is 13.2. The summed E-state index contributed by atoms with van der Waals surface area (Å²) in [5.74, 6) is 3.12. The number of aromatic nitrogens is 3. The number of nitrogens with zero attached hydrogens (tertiary/aromatic N) is 3. The lowest BCUT2D eigenvalue weighted by Gasteiger charge is -2.28. The quantitative estimate of drug-likeness (QED) is 0.735. The van der Waals surface area contributed by atoms with E-state index >= 15 is 0 Å². The van der Waals surface area contributed by atoms with Gasteiger partial charge in [0.1, 0.15) is 5.82 Å². The number of piperidine rings is 1. The average molecular weight is 440 g/mol. The molecule has 1 aromatic heterocycles. The zero-order chi connectivity index (χ0) is 18.6. The van der Waals surface area contributed by atoms with Crippen LogP contribution in [0.2, 0.25) is 0 Å². The molecule has 0 spiro atoms. The van der Waals surface area contributed by atoms with Crippen molar-refractivity contribution in [2.75, 3.05) is 18.4 Å². The number of benzene rings is 1. The molecule has 3 heterocycles. The summed E-state index contributed by atoms with van der Waals surface area (Å²) in [4.78, 5) is 12.4. The second-order valence-electron chi connectivity index (χ2n) is 7.96. The van der Waals surface area contributed by atoms with Crippen LogP contribution in [0.25, 0.3) is 11.4 Å². The molecule has 0 radical (unpaired) electrons. The molecule has 6 nitrogen and oxygen atoms in total. The number of amides is 1. The van der Waals surface area contributed by atoms with E-state index in [1.54, 1.807) is 0 Å². The molecule has 2 atom stereocenters. The van der Waals surface area contributed by atoms with Crippen molar-refractivity contribution in [2.24, 2.45) is 11.8 Å². The van der Waals surface area contributed by atoms with Gasteiger partial charge in [-0.2, -0.15) is 0 Å². The van der Waals surface area contributed by atoms with Gasteiger partial charge < -0.3 is 15.2 Å². The van der Waals surface area contributed by atoms with Gasteiger partial charge in [0.2, 0.25) is 5.91 Å². The number of carbonyl (C=O) groups is 1. The van der Waals surface area contributed by atoms with Gasteiger partial charge >= 0.3 is 0 Å². The molecule has 1 fully saturated rings. The number of anilines is 1. The van der Waals surface area contributed by atoms with Gasteiger partial charge in [0, 0.05) is 30.6 Å². The summed E-state index contributed by atoms with van der Waals surface area (Å²) >= 11 is 0. The summed E-state index contributed by atoms with van der Waals surface area (Å²) in [6.45, 7) is 5.32. The largest absolute Gasteiger partial charge is 0.326 e. The Kier molecular flexibility index (Phi) is 8.93. The van der Waals surface area contributed by atoms with E-state index in [1.807, 2.05) is 24.3 Å². The zero-order valence-electron chi connectivity index (χ0n) is 16.9. The van der Waals surface area contributed by atoms with Gasteiger partial charge in [0.15, 0.2) is 5.82 Å². The molecule has 2 aromatic rings. The van der Waals surface area contributed by atoms with E-state index in [4.69, 9.17) is 0 Å². The van der Waals surface area contributed by atoms with E-state index in [1.165, 1.54) is 25.7 Å². The first-order valence-electron chi connectivity index (χ1n) is 10.2. The van der Waals surface area contributed by atoms with Crippen LogP contribution in [-0.4, -0.2) is 33.8 Å². The topological polar surface area (TPSA) is 71.8 Å². The van der Waals surface area contributed by atoms with E-state index < -0.39 is 0 Å². The van der Waals surface area contributed by atoms with Crippen molar-refractivity contribution in [3.05, 3.63) is 30.1 Å². The van der Waals surface area contributed by atoms with Gasteiger partial charge in [0.05, 0.1) is 0 Å². The number of aryl methyl sites for hydroxylation is 1. The van der Waals surface area contributed by atoms with Crippen molar-refractivity contribution in [3.63, 3.8) is 0 Å². The Morgan fingerprint density at radius 2 is 2.00 bits per heavy atom. The lowest BCUT2D eigenvalue weighted by Crippen LogP contribution is -2.34. The summed E-state index contributed by atoms with van der Waals surface area (Å²) in [5, 5.41) is 15.2. The van der Waals surface area contributed by atoms with E-state index in [0.717, 1.165) is 49.0 Å². The highest BCUT2D eigenvalue weighted by molar-refractivity contribution is 5.91. The van der Waals surface area contributed by atoms with E-state index in [9.17, 15) is 4.79 Å². The van der Waals surface area contributed by atoms with Crippen molar-refractivity contribution in [3.8, 4) is 11.4 Å². The summed E-state index contributed by atoms with van der Waals surface area (Å²) < 4.78 is 2.22. The standard InChI is InChI=1S/C21H29N5O.2ClH/c1-15(17-5-4-11-22-14-17)13-20(27)23-18-9-7-16(8-10-18)21-25-24-19-6-2-3-12-26(19)21;;/h7-10,15,17,22H,2-6,11-14H2,1H3,(H,23,27);2*1H. The molecule has 2 aliphatic rings. The Morgan fingerprint density at radius 3 is 2.72 bits per heavy atom. The third-order valence-corrected chi connectivity index (χ3v) is 5.93. The molecule has 2 aliphatic heterocycles. The van der Waals surface area contributed by atoms with Crippen LogP contribution in [0.5, 0.6) is 0 Å². The molecule has 0 aliphatic carbocycles. The molecule has 4 rings (SSSR count). The number of rotatable bonds is 5. The summed E-state index contributed by atoms with van der Waals surface area (Å²) in [6, 6.07) is 7.97. The predicted molar refractivity (Wildman–Crippen MR) is 121 cm³/mol. The second-order valence-corrected chi connectivity index (χ2v) is 7.96. The summed E-state index contributed by atoms with van der Waals surface area (Å²) in [5.41, 5.74) is 1.89. The number of hydrogen-bond donors (Lipinski definition) is 2. The van der Waals surface area contributed by atoms with Crippen LogP contribution in [0, 0.1) is 11.8 Å². The number of nitrogens with one attached hydrogen (secondary N) is 2. The van der Waals surface area contributed by atoms with Crippen LogP contribution in [-0.2, 0) is 17.8 Å². The lowest BCUT2D eigenvalue weighted by molar-refractivity contribution is -0.117. The third-order valence-electron chi connectivity index (χ3n) is 5.93. The number of halogens is 2. The average Bonchev–Trinajstić information content (AvgIpc) is 3.13. The number of carbonyl (C=O) groups excluding carboxylic acids is 1. The van der Waals surface area contributed by atoms with E-state index in [-0.39, 0.29) is 30.7 Å². The Morgan fingerprint density at radius 1 is 1.21 bits per heavy atom. The molecule has 29 heavy (non-hydrogen) atoms. The molecule has 0 saturated carbocycles. The molecular weight excluding hydrogens is 409 g/mol. The maximum absolute atomic E-state index is 12.4. The van der Waals surface area contributed by atoms with Crippen molar-refractivity contribution in [2.45, 2.75) is 52.0 Å². The highest BCUT2D eigenvalue weighted by atomic mass is 35.5. The van der Waals surface area contributed by atoms with Crippen LogP contribution in [0.4, 0.5) is 5.69 Å². The van der Waals surface area contributed by atoms with Gasteiger partial charge in [-0.3, -0.25) is 4.79 Å². The van der Waals surface area contributed by atoms with Crippen molar-refractivity contribution >= 4 is 36.4 Å². The first-order valence-corrected chi connectivity index (χ1v) is 10.2. The minimum absolute atomic E-state index is 0. The van der Waals surface area contributed by atoms with Crippen molar-refractivity contribution in [1.82, 2.24) is 20.1 Å². The van der Waals surface area contributed by atoms with Gasteiger partial charge in [0.25, 0.3) is 0 Å². The van der Waals surface area contributed by atoms with Gasteiger partial charge in [-0.1, -0.05) is 6.92 Å². The highest BCUT2D eigenvalue weighted by Gasteiger charge is 2.22. The lowest BCUT2D eigenvalue weighted by atomic mass is 9.85. The Bertz CT molecular complexity index is 787. The fourth-order valence-electron chi connectivity index (χ4n) is 4.26. The minimum atomic E-state index is 0. The zero-order valence-corrected chi connectivity index (χ0v) is 18.5. The Hall–Kier alpha value is -1.63. The Balaban J connectivity index is 0.00000150. The first kappa shape index (κ1) is 23.6. The summed E-state index contributed by atoms with van der Waals surface area (Å²) in [7, 11) is 0. The number of hydrogen-bond acceptors (Lipinski definition) is 4. The highest BCUT2D eigenvalue weighted by Crippen LogP contribution is 2.25. The molecular formula is C21H31Cl2N5O. The van der Waals surface area contributed by atoms with E-state index in [0.29, 0.717) is 18.3 Å². The van der Waals surface area contributed by atoms with Crippen molar-refractivity contribution in [1.29, 1.82) is 0 Å². The van der Waals surface area contributed by atoms with Crippen LogP contribution in [0.3, 0.4) is 0 Å². The predicted octanol–water partition coefficient (Wildman–Crippen LogP) is 4.09. The molecule has 1 amide bonds. The van der Waals surface area contributed by atoms with Crippen LogP contribution < -0.4 is 10.6 Å². The normalized spacial score (nSPS) is 19.3. The smallest absolute Gasteiger partial charge is 0.224 e. The molecule has 1 aromatic carbocycles. The van der Waals surface area contributed by atoms with Crippen LogP contribution in [0.15, 0.2) is 24.3 Å².